The molecule has 0 bridgehead atoms. The third kappa shape index (κ3) is 5.12. The van der Waals surface area contributed by atoms with Crippen LogP contribution >= 0.6 is 11.6 Å². The van der Waals surface area contributed by atoms with Crippen LogP contribution in [0.3, 0.4) is 0 Å². The second-order valence-corrected chi connectivity index (χ2v) is 7.64. The first-order chi connectivity index (χ1) is 15.5. The number of anilines is 2. The molecule has 4 aromatic rings. The fourth-order valence-corrected chi connectivity index (χ4v) is 3.28. The van der Waals surface area contributed by atoms with Gasteiger partial charge in [-0.15, -0.1) is 5.10 Å². The van der Waals surface area contributed by atoms with Gasteiger partial charge in [0.2, 0.25) is 5.95 Å². The van der Waals surface area contributed by atoms with E-state index < -0.39 is 0 Å². The van der Waals surface area contributed by atoms with Crippen LogP contribution in [0, 0.1) is 6.92 Å². The molecule has 164 valence electrons. The zero-order valence-corrected chi connectivity index (χ0v) is 18.6. The summed E-state index contributed by atoms with van der Waals surface area (Å²) in [6.07, 6.45) is 4.84. The molecule has 2 heterocycles. The standard InChI is InChI=1S/C22H22ClN7O2/c1-14-4-7-19(21(8-14)31-3)27-22-24-10-17(11-25-22)16-5-6-18(23)20(9-16)32-15(2)12-30-13-26-28-29-30/h4-11,13,15H,12H2,1-3H3,(H,24,25,27). The van der Waals surface area contributed by atoms with Crippen molar-refractivity contribution in [2.24, 2.45) is 0 Å². The van der Waals surface area contributed by atoms with E-state index in [4.69, 9.17) is 21.1 Å². The highest BCUT2D eigenvalue weighted by Crippen LogP contribution is 2.32. The fraction of sp³-hybridized carbons (Fsp3) is 0.227. The maximum absolute atomic E-state index is 6.34. The van der Waals surface area contributed by atoms with Crippen molar-refractivity contribution in [2.75, 3.05) is 12.4 Å². The lowest BCUT2D eigenvalue weighted by atomic mass is 10.1. The zero-order chi connectivity index (χ0) is 22.5. The highest BCUT2D eigenvalue weighted by molar-refractivity contribution is 6.32. The van der Waals surface area contributed by atoms with Gasteiger partial charge in [0.15, 0.2) is 0 Å². The number of methoxy groups -OCH3 is 1. The Morgan fingerprint density at radius 2 is 1.88 bits per heavy atom. The van der Waals surface area contributed by atoms with Crippen LogP contribution in [0.25, 0.3) is 11.1 Å². The third-order valence-corrected chi connectivity index (χ3v) is 5.00. The van der Waals surface area contributed by atoms with Crippen molar-refractivity contribution in [1.29, 1.82) is 0 Å². The molecule has 1 N–H and O–H groups in total. The van der Waals surface area contributed by atoms with Crippen LogP contribution in [-0.2, 0) is 6.54 Å². The first kappa shape index (κ1) is 21.5. The molecule has 0 aliphatic rings. The summed E-state index contributed by atoms with van der Waals surface area (Å²) in [5.41, 5.74) is 3.63. The van der Waals surface area contributed by atoms with E-state index in [0.29, 0.717) is 23.3 Å². The molecular formula is C22H22ClN7O2. The number of nitrogens with zero attached hydrogens (tertiary/aromatic N) is 6. The smallest absolute Gasteiger partial charge is 0.227 e. The molecule has 2 aromatic heterocycles. The van der Waals surface area contributed by atoms with Gasteiger partial charge in [-0.25, -0.2) is 14.6 Å². The Kier molecular flexibility index (Phi) is 6.46. The van der Waals surface area contributed by atoms with Gasteiger partial charge in [0.25, 0.3) is 0 Å². The summed E-state index contributed by atoms with van der Waals surface area (Å²) in [6, 6.07) is 11.4. The topological polar surface area (TPSA) is 99.9 Å². The molecule has 0 fully saturated rings. The van der Waals surface area contributed by atoms with Gasteiger partial charge in [-0.05, 0) is 59.7 Å². The number of halogens is 1. The molecule has 0 saturated heterocycles. The van der Waals surface area contributed by atoms with Crippen LogP contribution in [0.4, 0.5) is 11.6 Å². The molecule has 0 radical (unpaired) electrons. The van der Waals surface area contributed by atoms with E-state index in [1.54, 1.807) is 30.3 Å². The summed E-state index contributed by atoms with van der Waals surface area (Å²) in [5, 5.41) is 14.8. The lowest BCUT2D eigenvalue weighted by Crippen LogP contribution is -2.20. The highest BCUT2D eigenvalue weighted by Gasteiger charge is 2.12. The van der Waals surface area contributed by atoms with E-state index in [-0.39, 0.29) is 6.10 Å². The van der Waals surface area contributed by atoms with Crippen molar-refractivity contribution >= 4 is 23.2 Å². The lowest BCUT2D eigenvalue weighted by Gasteiger charge is -2.16. The van der Waals surface area contributed by atoms with E-state index in [0.717, 1.165) is 28.1 Å². The molecule has 0 aliphatic carbocycles. The number of benzene rings is 2. The molecule has 9 nitrogen and oxygen atoms in total. The van der Waals surface area contributed by atoms with E-state index in [1.165, 1.54) is 6.33 Å². The van der Waals surface area contributed by atoms with Crippen LogP contribution in [0.2, 0.25) is 5.02 Å². The van der Waals surface area contributed by atoms with Gasteiger partial charge >= 0.3 is 0 Å². The van der Waals surface area contributed by atoms with Crippen LogP contribution in [0.5, 0.6) is 11.5 Å². The minimum atomic E-state index is -0.182. The summed E-state index contributed by atoms with van der Waals surface area (Å²) < 4.78 is 13.0. The Morgan fingerprint density at radius 3 is 2.59 bits per heavy atom. The maximum Gasteiger partial charge on any atom is 0.227 e. The van der Waals surface area contributed by atoms with E-state index in [2.05, 4.69) is 30.8 Å². The largest absolute Gasteiger partial charge is 0.495 e. The molecule has 0 saturated carbocycles. The average molecular weight is 452 g/mol. The van der Waals surface area contributed by atoms with Crippen molar-refractivity contribution in [1.82, 2.24) is 30.2 Å². The van der Waals surface area contributed by atoms with E-state index >= 15 is 0 Å². The summed E-state index contributed by atoms with van der Waals surface area (Å²) >= 11 is 6.34. The highest BCUT2D eigenvalue weighted by atomic mass is 35.5. The molecule has 32 heavy (non-hydrogen) atoms. The van der Waals surface area contributed by atoms with Crippen LogP contribution in [0.1, 0.15) is 12.5 Å². The van der Waals surface area contributed by atoms with Gasteiger partial charge in [-0.1, -0.05) is 23.7 Å². The molecule has 0 amide bonds. The predicted octanol–water partition coefficient (Wildman–Crippen LogP) is 4.31. The van der Waals surface area contributed by atoms with E-state index in [1.807, 2.05) is 44.2 Å². The van der Waals surface area contributed by atoms with E-state index in [9.17, 15) is 0 Å². The van der Waals surface area contributed by atoms with Gasteiger partial charge in [0, 0.05) is 18.0 Å². The Morgan fingerprint density at radius 1 is 1.06 bits per heavy atom. The lowest BCUT2D eigenvalue weighted by molar-refractivity contribution is 0.193. The number of hydrogen-bond acceptors (Lipinski definition) is 8. The summed E-state index contributed by atoms with van der Waals surface area (Å²) in [4.78, 5) is 8.87. The maximum atomic E-state index is 6.34. The van der Waals surface area contributed by atoms with Crippen molar-refractivity contribution in [3.63, 3.8) is 0 Å². The monoisotopic (exact) mass is 451 g/mol. The molecule has 0 spiro atoms. The molecule has 10 heteroatoms. The van der Waals surface area contributed by atoms with Gasteiger partial charge in [-0.2, -0.15) is 0 Å². The van der Waals surface area contributed by atoms with Crippen molar-refractivity contribution in [3.8, 4) is 22.6 Å². The van der Waals surface area contributed by atoms with Gasteiger partial charge < -0.3 is 14.8 Å². The molecular weight excluding hydrogens is 430 g/mol. The first-order valence-electron chi connectivity index (χ1n) is 9.93. The number of nitrogens with one attached hydrogen (secondary N) is 1. The average Bonchev–Trinajstić information content (AvgIpc) is 3.30. The van der Waals surface area contributed by atoms with Crippen molar-refractivity contribution < 1.29 is 9.47 Å². The van der Waals surface area contributed by atoms with Crippen LogP contribution < -0.4 is 14.8 Å². The Balaban J connectivity index is 1.48. The first-order valence-corrected chi connectivity index (χ1v) is 10.3. The second-order valence-electron chi connectivity index (χ2n) is 7.23. The minimum Gasteiger partial charge on any atom is -0.495 e. The number of hydrogen-bond donors (Lipinski definition) is 1. The number of rotatable bonds is 8. The van der Waals surface area contributed by atoms with Gasteiger partial charge in [-0.3, -0.25) is 0 Å². The summed E-state index contributed by atoms with van der Waals surface area (Å²) in [6.45, 7) is 4.43. The molecule has 4 rings (SSSR count). The van der Waals surface area contributed by atoms with Crippen LogP contribution in [0.15, 0.2) is 55.1 Å². The Labute approximate surface area is 190 Å². The predicted molar refractivity (Wildman–Crippen MR) is 121 cm³/mol. The number of aryl methyl sites for hydroxylation is 1. The number of aromatic nitrogens is 6. The second kappa shape index (κ2) is 9.61. The normalized spacial score (nSPS) is 11.8. The third-order valence-electron chi connectivity index (χ3n) is 4.68. The van der Waals surface area contributed by atoms with Crippen LogP contribution in [-0.4, -0.2) is 43.4 Å². The Bertz CT molecular complexity index is 1180. The zero-order valence-electron chi connectivity index (χ0n) is 17.9. The summed E-state index contributed by atoms with van der Waals surface area (Å²) in [5.74, 6) is 1.76. The molecule has 2 aromatic carbocycles. The molecule has 1 unspecified atom stereocenters. The summed E-state index contributed by atoms with van der Waals surface area (Å²) in [7, 11) is 1.63. The van der Waals surface area contributed by atoms with Crippen molar-refractivity contribution in [3.05, 3.63) is 65.7 Å². The number of ether oxygens (including phenoxy) is 2. The minimum absolute atomic E-state index is 0.182. The van der Waals surface area contributed by atoms with Gasteiger partial charge in [0.05, 0.1) is 24.4 Å². The quantitative estimate of drug-likeness (QED) is 0.423. The number of tetrazole rings is 1. The van der Waals surface area contributed by atoms with Crippen molar-refractivity contribution in [2.45, 2.75) is 26.5 Å². The molecule has 0 aliphatic heterocycles. The fourth-order valence-electron chi connectivity index (χ4n) is 3.12. The SMILES string of the molecule is COc1cc(C)ccc1Nc1ncc(-c2ccc(Cl)c(OC(C)Cn3cnnn3)c2)cn1. The molecule has 1 atom stereocenters. The van der Waals surface area contributed by atoms with Gasteiger partial charge in [0.1, 0.15) is 23.9 Å². The Hall–Kier alpha value is -3.72.